The predicted octanol–water partition coefficient (Wildman–Crippen LogP) is 3.02. The molecule has 5 rings (SSSR count). The van der Waals surface area contributed by atoms with E-state index in [9.17, 15) is 18.0 Å². The zero-order valence-electron chi connectivity index (χ0n) is 22.1. The summed E-state index contributed by atoms with van der Waals surface area (Å²) < 4.78 is 29.2. The molecule has 3 heterocycles. The van der Waals surface area contributed by atoms with Crippen molar-refractivity contribution in [2.45, 2.75) is 62.4 Å². The first-order valence-corrected chi connectivity index (χ1v) is 15.3. The third kappa shape index (κ3) is 6.11. The fourth-order valence-corrected chi connectivity index (χ4v) is 7.27. The molecule has 2 atom stereocenters. The number of carbonyl (C=O) groups is 2. The molecule has 3 saturated heterocycles. The average molecular weight is 539 g/mol. The van der Waals surface area contributed by atoms with Crippen molar-refractivity contribution in [1.82, 2.24) is 19.4 Å². The van der Waals surface area contributed by atoms with E-state index in [-0.39, 0.29) is 29.3 Å². The largest absolute Gasteiger partial charge is 0.337 e. The minimum Gasteiger partial charge on any atom is -0.337 e. The van der Waals surface area contributed by atoms with Crippen molar-refractivity contribution in [2.24, 2.45) is 0 Å². The van der Waals surface area contributed by atoms with Gasteiger partial charge in [-0.2, -0.15) is 4.72 Å². The summed E-state index contributed by atoms with van der Waals surface area (Å²) in [5, 5.41) is 0. The van der Waals surface area contributed by atoms with Gasteiger partial charge in [-0.25, -0.2) is 8.42 Å². The zero-order chi connectivity index (χ0) is 26.7. The van der Waals surface area contributed by atoms with Gasteiger partial charge in [0.1, 0.15) is 6.04 Å². The molecule has 3 fully saturated rings. The molecule has 0 saturated carbocycles. The molecule has 2 amide bonds. The van der Waals surface area contributed by atoms with E-state index in [1.807, 2.05) is 42.2 Å². The summed E-state index contributed by atoms with van der Waals surface area (Å²) in [7, 11) is -3.92. The molecular formula is C29H38N4O4S. The van der Waals surface area contributed by atoms with Crippen molar-refractivity contribution in [3.63, 3.8) is 0 Å². The van der Waals surface area contributed by atoms with Crippen molar-refractivity contribution in [3.05, 3.63) is 54.1 Å². The molecular weight excluding hydrogens is 500 g/mol. The molecule has 2 unspecified atom stereocenters. The van der Waals surface area contributed by atoms with Crippen LogP contribution < -0.4 is 4.72 Å². The summed E-state index contributed by atoms with van der Waals surface area (Å²) in [6.45, 7) is 6.30. The number of hydrogen-bond donors (Lipinski definition) is 1. The Morgan fingerprint density at radius 1 is 0.921 bits per heavy atom. The number of nitrogens with zero attached hydrogens (tertiary/aromatic N) is 3. The Balaban J connectivity index is 1.23. The lowest BCUT2D eigenvalue weighted by atomic mass is 10.0. The highest BCUT2D eigenvalue weighted by molar-refractivity contribution is 7.89. The van der Waals surface area contributed by atoms with E-state index in [2.05, 4.69) is 9.62 Å². The van der Waals surface area contributed by atoms with E-state index in [0.29, 0.717) is 19.4 Å². The topological polar surface area (TPSA) is 90.0 Å². The number of piperidine rings is 1. The van der Waals surface area contributed by atoms with Gasteiger partial charge in [-0.15, -0.1) is 0 Å². The maximum absolute atomic E-state index is 13.3. The lowest BCUT2D eigenvalue weighted by Gasteiger charge is -2.34. The monoisotopic (exact) mass is 538 g/mol. The Morgan fingerprint density at radius 3 is 2.39 bits per heavy atom. The van der Waals surface area contributed by atoms with Crippen molar-refractivity contribution in [3.8, 4) is 11.1 Å². The van der Waals surface area contributed by atoms with Crippen LogP contribution in [0.15, 0.2) is 53.4 Å². The maximum atomic E-state index is 13.3. The van der Waals surface area contributed by atoms with Crippen LogP contribution in [0.2, 0.25) is 0 Å². The summed E-state index contributed by atoms with van der Waals surface area (Å²) in [5.74, 6) is -0.354. The van der Waals surface area contributed by atoms with Gasteiger partial charge in [0, 0.05) is 25.7 Å². The maximum Gasteiger partial charge on any atom is 0.242 e. The predicted molar refractivity (Wildman–Crippen MR) is 147 cm³/mol. The molecule has 204 valence electrons. The molecule has 8 nitrogen and oxygen atoms in total. The molecule has 0 radical (unpaired) electrons. The van der Waals surface area contributed by atoms with E-state index in [1.165, 1.54) is 17.7 Å². The van der Waals surface area contributed by atoms with E-state index in [1.54, 1.807) is 18.2 Å². The molecule has 0 bridgehead atoms. The number of amides is 2. The van der Waals surface area contributed by atoms with Crippen LogP contribution >= 0.6 is 0 Å². The van der Waals surface area contributed by atoms with Crippen molar-refractivity contribution in [1.29, 1.82) is 0 Å². The van der Waals surface area contributed by atoms with Crippen molar-refractivity contribution >= 4 is 21.8 Å². The van der Waals surface area contributed by atoms with Gasteiger partial charge in [0.25, 0.3) is 0 Å². The highest BCUT2D eigenvalue weighted by Gasteiger charge is 2.36. The molecule has 2 aromatic rings. The summed E-state index contributed by atoms with van der Waals surface area (Å²) in [6, 6.07) is 14.0. The van der Waals surface area contributed by atoms with Gasteiger partial charge in [-0.1, -0.05) is 42.0 Å². The molecule has 38 heavy (non-hydrogen) atoms. The summed E-state index contributed by atoms with van der Waals surface area (Å²) in [6.07, 6.45) is 5.49. The molecule has 0 aromatic heterocycles. The second-order valence-corrected chi connectivity index (χ2v) is 12.6. The summed E-state index contributed by atoms with van der Waals surface area (Å²) in [4.78, 5) is 32.6. The van der Waals surface area contributed by atoms with Gasteiger partial charge in [-0.05, 0) is 81.8 Å². The van der Waals surface area contributed by atoms with Gasteiger partial charge in [-0.3, -0.25) is 9.59 Å². The highest BCUT2D eigenvalue weighted by atomic mass is 32.2. The molecule has 3 aliphatic rings. The van der Waals surface area contributed by atoms with E-state index >= 15 is 0 Å². The number of benzene rings is 2. The van der Waals surface area contributed by atoms with Gasteiger partial charge in [0.05, 0.1) is 11.4 Å². The number of likely N-dealkylation sites (tertiary alicyclic amines) is 3. The van der Waals surface area contributed by atoms with E-state index in [4.69, 9.17) is 0 Å². The van der Waals surface area contributed by atoms with Crippen LogP contribution in [0.25, 0.3) is 11.1 Å². The Kier molecular flexibility index (Phi) is 8.16. The lowest BCUT2D eigenvalue weighted by Crippen LogP contribution is -2.55. The average Bonchev–Trinajstić information content (AvgIpc) is 3.59. The first-order chi connectivity index (χ1) is 18.3. The third-order valence-electron chi connectivity index (χ3n) is 8.01. The van der Waals surface area contributed by atoms with E-state index < -0.39 is 16.1 Å². The van der Waals surface area contributed by atoms with Gasteiger partial charge in [0.2, 0.25) is 21.8 Å². The van der Waals surface area contributed by atoms with Gasteiger partial charge in [0.15, 0.2) is 0 Å². The van der Waals surface area contributed by atoms with Crippen molar-refractivity contribution in [2.75, 3.05) is 39.3 Å². The first-order valence-electron chi connectivity index (χ1n) is 13.8. The molecule has 1 N–H and O–H groups in total. The Bertz CT molecular complexity index is 1270. The van der Waals surface area contributed by atoms with Crippen LogP contribution in [0.4, 0.5) is 0 Å². The van der Waals surface area contributed by atoms with Crippen LogP contribution in [0.3, 0.4) is 0 Å². The number of hydrogen-bond acceptors (Lipinski definition) is 5. The van der Waals surface area contributed by atoms with Crippen LogP contribution in [-0.4, -0.2) is 86.3 Å². The van der Waals surface area contributed by atoms with Gasteiger partial charge < -0.3 is 14.7 Å². The second kappa shape index (κ2) is 11.6. The van der Waals surface area contributed by atoms with Crippen LogP contribution in [0, 0.1) is 6.92 Å². The number of nitrogens with one attached hydrogen (secondary N) is 1. The first kappa shape index (κ1) is 26.8. The lowest BCUT2D eigenvalue weighted by molar-refractivity contribution is -0.143. The fraction of sp³-hybridized carbons (Fsp3) is 0.517. The molecule has 2 aromatic carbocycles. The van der Waals surface area contributed by atoms with Crippen LogP contribution in [0.5, 0.6) is 0 Å². The standard InChI is InChI=1S/C29H38N4O4S/c1-22-8-4-9-23(18-22)24-10-5-12-26(19-24)38(36,37)30-27-13-7-16-32(29(27)35)21-28(34)33-17-6-11-25(33)20-31-14-2-3-15-31/h4-5,8-10,12,18-19,25,27,30H,2-3,6-7,11,13-17,20-21H2,1H3. The smallest absolute Gasteiger partial charge is 0.242 e. The number of rotatable bonds is 8. The SMILES string of the molecule is Cc1cccc(-c2cccc(S(=O)(=O)NC3CCCN(CC(=O)N4CCCC4CN4CCCC4)C3=O)c2)c1. The molecule has 3 aliphatic heterocycles. The minimum absolute atomic E-state index is 0.0103. The highest BCUT2D eigenvalue weighted by Crippen LogP contribution is 2.25. The van der Waals surface area contributed by atoms with Crippen LogP contribution in [0.1, 0.15) is 44.1 Å². The summed E-state index contributed by atoms with van der Waals surface area (Å²) in [5.41, 5.74) is 2.82. The Hall–Kier alpha value is -2.75. The molecule has 0 spiro atoms. The van der Waals surface area contributed by atoms with Crippen molar-refractivity contribution < 1.29 is 18.0 Å². The second-order valence-electron chi connectivity index (χ2n) is 10.9. The fourth-order valence-electron chi connectivity index (χ4n) is 6.00. The minimum atomic E-state index is -3.92. The summed E-state index contributed by atoms with van der Waals surface area (Å²) >= 11 is 0. The van der Waals surface area contributed by atoms with Gasteiger partial charge >= 0.3 is 0 Å². The molecule has 0 aliphatic carbocycles. The number of aryl methyl sites for hydroxylation is 1. The third-order valence-corrected chi connectivity index (χ3v) is 9.48. The Labute approximate surface area is 226 Å². The number of carbonyl (C=O) groups excluding carboxylic acids is 2. The van der Waals surface area contributed by atoms with E-state index in [0.717, 1.165) is 55.7 Å². The molecule has 9 heteroatoms. The number of sulfonamides is 1. The normalized spacial score (nSPS) is 22.8. The van der Waals surface area contributed by atoms with Crippen LogP contribution in [-0.2, 0) is 19.6 Å². The zero-order valence-corrected chi connectivity index (χ0v) is 23.0. The Morgan fingerprint density at radius 2 is 1.63 bits per heavy atom. The quantitative estimate of drug-likeness (QED) is 0.558.